The third kappa shape index (κ3) is 3.73. The number of rotatable bonds is 5. The van der Waals surface area contributed by atoms with Gasteiger partial charge >= 0.3 is 11.9 Å². The third-order valence-electron chi connectivity index (χ3n) is 2.28. The first-order chi connectivity index (χ1) is 7.63. The van der Waals surface area contributed by atoms with Gasteiger partial charge in [-0.25, -0.2) is 0 Å². The first-order valence-corrected chi connectivity index (χ1v) is 4.97. The first-order valence-electron chi connectivity index (χ1n) is 4.97. The fourth-order valence-electron chi connectivity index (χ4n) is 1.51. The Balaban J connectivity index is 2.70. The monoisotopic (exact) mass is 222 g/mol. The van der Waals surface area contributed by atoms with E-state index in [4.69, 9.17) is 5.11 Å². The van der Waals surface area contributed by atoms with E-state index >= 15 is 0 Å². The zero-order valence-corrected chi connectivity index (χ0v) is 9.05. The second-order valence-electron chi connectivity index (χ2n) is 3.51. The Kier molecular flexibility index (Phi) is 4.51. The molecule has 0 aliphatic carbocycles. The molecule has 0 aliphatic heterocycles. The quantitative estimate of drug-likeness (QED) is 0.767. The number of aliphatic carboxylic acids is 1. The predicted molar refractivity (Wildman–Crippen MR) is 57.9 cm³/mol. The molecule has 86 valence electrons. The van der Waals surface area contributed by atoms with Crippen molar-refractivity contribution in [3.05, 3.63) is 35.9 Å². The molecule has 1 rings (SSSR count). The largest absolute Gasteiger partial charge is 0.481 e. The van der Waals surface area contributed by atoms with E-state index in [0.29, 0.717) is 6.42 Å². The minimum atomic E-state index is -0.994. The summed E-state index contributed by atoms with van der Waals surface area (Å²) in [6.07, 6.45) is 0.182. The van der Waals surface area contributed by atoms with Gasteiger partial charge in [0, 0.05) is 0 Å². The second kappa shape index (κ2) is 5.90. The summed E-state index contributed by atoms with van der Waals surface area (Å²) in [6.45, 7) is 0. The van der Waals surface area contributed by atoms with Gasteiger partial charge in [-0.1, -0.05) is 30.3 Å². The number of esters is 1. The average molecular weight is 222 g/mol. The molecule has 0 bridgehead atoms. The fraction of sp³-hybridized carbons (Fsp3) is 0.333. The van der Waals surface area contributed by atoms with Gasteiger partial charge in [0.05, 0.1) is 19.4 Å². The lowest BCUT2D eigenvalue weighted by Gasteiger charge is -2.12. The van der Waals surface area contributed by atoms with Crippen LogP contribution in [0.3, 0.4) is 0 Å². The number of ether oxygens (including phenoxy) is 1. The summed E-state index contributed by atoms with van der Waals surface area (Å²) in [6, 6.07) is 9.29. The van der Waals surface area contributed by atoms with Crippen molar-refractivity contribution in [1.82, 2.24) is 0 Å². The second-order valence-corrected chi connectivity index (χ2v) is 3.51. The summed E-state index contributed by atoms with van der Waals surface area (Å²) < 4.78 is 4.58. The molecule has 0 saturated carbocycles. The van der Waals surface area contributed by atoms with Gasteiger partial charge in [-0.2, -0.15) is 0 Å². The molecule has 0 spiro atoms. The highest BCUT2D eigenvalue weighted by molar-refractivity contribution is 5.79. The molecule has 0 aromatic heterocycles. The Morgan fingerprint density at radius 1 is 1.31 bits per heavy atom. The number of carbonyl (C=O) groups is 2. The van der Waals surface area contributed by atoms with Gasteiger partial charge in [0.2, 0.25) is 0 Å². The molecule has 0 amide bonds. The van der Waals surface area contributed by atoms with Gasteiger partial charge in [0.1, 0.15) is 0 Å². The van der Waals surface area contributed by atoms with Crippen LogP contribution in [0.5, 0.6) is 0 Å². The Labute approximate surface area is 93.9 Å². The van der Waals surface area contributed by atoms with Gasteiger partial charge in [0.15, 0.2) is 0 Å². The van der Waals surface area contributed by atoms with E-state index in [9.17, 15) is 9.59 Å². The van der Waals surface area contributed by atoms with Crippen molar-refractivity contribution >= 4 is 11.9 Å². The molecule has 0 unspecified atom stereocenters. The van der Waals surface area contributed by atoms with E-state index in [1.54, 1.807) is 0 Å². The normalized spacial score (nSPS) is 11.8. The topological polar surface area (TPSA) is 63.6 Å². The fourth-order valence-corrected chi connectivity index (χ4v) is 1.51. The van der Waals surface area contributed by atoms with Gasteiger partial charge in [-0.15, -0.1) is 0 Å². The predicted octanol–water partition coefficient (Wildman–Crippen LogP) is 1.49. The Bertz CT molecular complexity index is 359. The van der Waals surface area contributed by atoms with Crippen molar-refractivity contribution < 1.29 is 19.4 Å². The highest BCUT2D eigenvalue weighted by Crippen LogP contribution is 2.13. The molecule has 0 saturated heterocycles. The van der Waals surface area contributed by atoms with E-state index < -0.39 is 17.9 Å². The number of hydrogen-bond donors (Lipinski definition) is 1. The van der Waals surface area contributed by atoms with Crippen molar-refractivity contribution in [2.24, 2.45) is 5.92 Å². The van der Waals surface area contributed by atoms with Crippen LogP contribution < -0.4 is 0 Å². The van der Waals surface area contributed by atoms with Crippen LogP contribution in [0.4, 0.5) is 0 Å². The maximum Gasteiger partial charge on any atom is 0.309 e. The van der Waals surface area contributed by atoms with Crippen LogP contribution in [0.25, 0.3) is 0 Å². The van der Waals surface area contributed by atoms with Gasteiger partial charge in [-0.05, 0) is 12.0 Å². The van der Waals surface area contributed by atoms with Crippen LogP contribution >= 0.6 is 0 Å². The molecular weight excluding hydrogens is 208 g/mol. The minimum Gasteiger partial charge on any atom is -0.481 e. The number of benzene rings is 1. The molecular formula is C12H14O4. The zero-order chi connectivity index (χ0) is 12.0. The van der Waals surface area contributed by atoms with Gasteiger partial charge in [-0.3, -0.25) is 9.59 Å². The molecule has 1 aromatic rings. The molecule has 0 fully saturated rings. The summed E-state index contributed by atoms with van der Waals surface area (Å²) in [5.41, 5.74) is 0.930. The highest BCUT2D eigenvalue weighted by Gasteiger charge is 2.22. The van der Waals surface area contributed by atoms with E-state index in [-0.39, 0.29) is 6.42 Å². The summed E-state index contributed by atoms with van der Waals surface area (Å²) >= 11 is 0. The molecule has 4 heteroatoms. The van der Waals surface area contributed by atoms with Crippen molar-refractivity contribution in [2.45, 2.75) is 12.8 Å². The minimum absolute atomic E-state index is 0.207. The Morgan fingerprint density at radius 3 is 2.44 bits per heavy atom. The van der Waals surface area contributed by atoms with E-state index in [0.717, 1.165) is 5.56 Å². The van der Waals surface area contributed by atoms with E-state index in [2.05, 4.69) is 4.74 Å². The lowest BCUT2D eigenvalue weighted by molar-refractivity contribution is -0.150. The molecule has 1 N–H and O–H groups in total. The molecule has 1 atom stereocenters. The highest BCUT2D eigenvalue weighted by atomic mass is 16.5. The third-order valence-corrected chi connectivity index (χ3v) is 2.28. The van der Waals surface area contributed by atoms with Crippen molar-refractivity contribution in [2.75, 3.05) is 7.11 Å². The molecule has 4 nitrogen and oxygen atoms in total. The lowest BCUT2D eigenvalue weighted by atomic mass is 9.96. The van der Waals surface area contributed by atoms with Crippen LogP contribution in [0, 0.1) is 5.92 Å². The smallest absolute Gasteiger partial charge is 0.309 e. The van der Waals surface area contributed by atoms with Crippen molar-refractivity contribution in [3.63, 3.8) is 0 Å². The maximum absolute atomic E-state index is 11.4. The molecule has 0 aliphatic rings. The number of carbonyl (C=O) groups excluding carboxylic acids is 1. The van der Waals surface area contributed by atoms with Crippen LogP contribution in [0.15, 0.2) is 30.3 Å². The molecule has 0 heterocycles. The lowest BCUT2D eigenvalue weighted by Crippen LogP contribution is -2.21. The standard InChI is InChI=1S/C12H14O4/c1-16-12(15)10(8-11(13)14)7-9-5-3-2-4-6-9/h2-6,10H,7-8H2,1H3,(H,13,14)/t10-/m0/s1. The SMILES string of the molecule is COC(=O)[C@H](CC(=O)O)Cc1ccccc1. The first kappa shape index (κ1) is 12.2. The van der Waals surface area contributed by atoms with Crippen molar-refractivity contribution in [1.29, 1.82) is 0 Å². The zero-order valence-electron chi connectivity index (χ0n) is 9.05. The van der Waals surface area contributed by atoms with Gasteiger partial charge < -0.3 is 9.84 Å². The van der Waals surface area contributed by atoms with Crippen molar-refractivity contribution in [3.8, 4) is 0 Å². The van der Waals surface area contributed by atoms with E-state index in [1.807, 2.05) is 30.3 Å². The number of methoxy groups -OCH3 is 1. The number of hydrogen-bond acceptors (Lipinski definition) is 3. The Morgan fingerprint density at radius 2 is 1.94 bits per heavy atom. The van der Waals surface area contributed by atoms with E-state index in [1.165, 1.54) is 7.11 Å². The Hall–Kier alpha value is -1.84. The molecule has 16 heavy (non-hydrogen) atoms. The number of carboxylic acid groups (broad SMARTS) is 1. The van der Waals surface area contributed by atoms with Crippen LogP contribution in [-0.4, -0.2) is 24.2 Å². The summed E-state index contributed by atoms with van der Waals surface area (Å²) in [7, 11) is 1.27. The molecule has 0 radical (unpaired) electrons. The molecule has 1 aromatic carbocycles. The van der Waals surface area contributed by atoms with Crippen LogP contribution in [-0.2, 0) is 20.7 Å². The maximum atomic E-state index is 11.4. The van der Waals surface area contributed by atoms with Gasteiger partial charge in [0.25, 0.3) is 0 Å². The van der Waals surface area contributed by atoms with Crippen LogP contribution in [0.2, 0.25) is 0 Å². The summed E-state index contributed by atoms with van der Waals surface area (Å²) in [5.74, 6) is -2.09. The average Bonchev–Trinajstić information content (AvgIpc) is 2.28. The number of carboxylic acids is 1. The summed E-state index contributed by atoms with van der Waals surface area (Å²) in [5, 5.41) is 8.70. The summed E-state index contributed by atoms with van der Waals surface area (Å²) in [4.78, 5) is 22.0. The van der Waals surface area contributed by atoms with Crippen LogP contribution in [0.1, 0.15) is 12.0 Å².